The van der Waals surface area contributed by atoms with Crippen LogP contribution in [0.5, 0.6) is 11.5 Å². The van der Waals surface area contributed by atoms with Crippen LogP contribution >= 0.6 is 0 Å². The Kier molecular flexibility index (Phi) is 11.2. The zero-order valence-electron chi connectivity index (χ0n) is 33.8. The van der Waals surface area contributed by atoms with Crippen molar-refractivity contribution >= 4 is 44.7 Å². The fraction of sp³-hybridized carbons (Fsp3) is 0.512. The fourth-order valence-corrected chi connectivity index (χ4v) is 9.57. The first-order valence-electron chi connectivity index (χ1n) is 20.2. The number of nitrogens with one attached hydrogen (secondary N) is 4. The van der Waals surface area contributed by atoms with Gasteiger partial charge in [0.15, 0.2) is 0 Å². The highest BCUT2D eigenvalue weighted by molar-refractivity contribution is 7.91. The molecule has 14 nitrogen and oxygen atoms in total. The number of nitrogens with zero attached hydrogens (tertiary/aromatic N) is 2. The molecule has 7 rings (SSSR count). The number of pyridine rings is 1. The summed E-state index contributed by atoms with van der Waals surface area (Å²) < 4.78 is 40.5. The van der Waals surface area contributed by atoms with E-state index in [0.29, 0.717) is 48.4 Å². The molecule has 0 unspecified atom stereocenters. The molecular weight excluding hydrogens is 761 g/mol. The lowest BCUT2D eigenvalue weighted by Gasteiger charge is -2.33. The molecule has 15 heteroatoms. The molecule has 310 valence electrons. The molecule has 2 aliphatic carbocycles. The van der Waals surface area contributed by atoms with Crippen LogP contribution in [0.1, 0.15) is 78.2 Å². The van der Waals surface area contributed by atoms with Crippen LogP contribution in [0.3, 0.4) is 0 Å². The minimum absolute atomic E-state index is 0.0113. The topological polar surface area (TPSA) is 185 Å². The molecule has 58 heavy (non-hydrogen) atoms. The van der Waals surface area contributed by atoms with Crippen molar-refractivity contribution < 1.29 is 37.1 Å². The Morgan fingerprint density at radius 3 is 2.50 bits per heavy atom. The average Bonchev–Trinajstić information content (AvgIpc) is 4.11. The number of methoxy groups -OCH3 is 1. The number of amides is 5. The SMILES string of the molecule is C=C[C@H]1C[C@]1(NC(=O)[C@@H]1C[C@@H]2CN1C(=O)[C@H](C(C)C)NC(=O)NC(C)(C)CCCCc1cc3c(cc(-c4ccccc4)nc3cc1OC)O2)C(=O)NS(=O)(=O)C1CC1. The molecule has 2 aromatic carbocycles. The number of hydrogen-bond acceptors (Lipinski definition) is 9. The van der Waals surface area contributed by atoms with Crippen molar-refractivity contribution in [2.75, 3.05) is 13.7 Å². The maximum absolute atomic E-state index is 14.7. The van der Waals surface area contributed by atoms with Crippen LogP contribution in [-0.4, -0.2) is 90.2 Å². The van der Waals surface area contributed by atoms with Crippen LogP contribution in [0.4, 0.5) is 4.79 Å². The van der Waals surface area contributed by atoms with Gasteiger partial charge in [0.05, 0.1) is 30.1 Å². The van der Waals surface area contributed by atoms with E-state index < -0.39 is 74.2 Å². The van der Waals surface area contributed by atoms with Gasteiger partial charge < -0.3 is 30.3 Å². The number of aromatic nitrogens is 1. The lowest BCUT2D eigenvalue weighted by molar-refractivity contribution is -0.141. The van der Waals surface area contributed by atoms with E-state index in [4.69, 9.17) is 14.5 Å². The van der Waals surface area contributed by atoms with E-state index in [1.807, 2.05) is 76.2 Å². The molecule has 3 heterocycles. The van der Waals surface area contributed by atoms with Crippen LogP contribution < -0.4 is 30.1 Å². The van der Waals surface area contributed by atoms with E-state index in [0.717, 1.165) is 29.4 Å². The quantitative estimate of drug-likeness (QED) is 0.221. The summed E-state index contributed by atoms with van der Waals surface area (Å²) in [5, 5.41) is 8.87. The minimum atomic E-state index is -3.91. The molecule has 1 aromatic heterocycles. The first-order chi connectivity index (χ1) is 27.5. The van der Waals surface area contributed by atoms with E-state index in [9.17, 15) is 27.6 Å². The van der Waals surface area contributed by atoms with Gasteiger partial charge in [-0.2, -0.15) is 0 Å². The number of carbonyl (C=O) groups excluding carboxylic acids is 4. The Morgan fingerprint density at radius 2 is 1.84 bits per heavy atom. The van der Waals surface area contributed by atoms with Gasteiger partial charge in [-0.3, -0.25) is 19.1 Å². The second-order valence-electron chi connectivity index (χ2n) is 17.1. The van der Waals surface area contributed by atoms with Crippen molar-refractivity contribution in [2.24, 2.45) is 11.8 Å². The third-order valence-corrected chi connectivity index (χ3v) is 13.6. The maximum Gasteiger partial charge on any atom is 0.315 e. The monoisotopic (exact) mass is 814 g/mol. The maximum atomic E-state index is 14.7. The van der Waals surface area contributed by atoms with Gasteiger partial charge in [0.25, 0.3) is 5.91 Å². The van der Waals surface area contributed by atoms with E-state index >= 15 is 0 Å². The summed E-state index contributed by atoms with van der Waals surface area (Å²) in [7, 11) is -2.28. The van der Waals surface area contributed by atoms with Crippen molar-refractivity contribution in [2.45, 2.75) is 114 Å². The van der Waals surface area contributed by atoms with E-state index in [1.165, 1.54) is 11.0 Å². The molecule has 2 aliphatic heterocycles. The van der Waals surface area contributed by atoms with Gasteiger partial charge in [0.2, 0.25) is 21.8 Å². The first kappa shape index (κ1) is 41.0. The average molecular weight is 815 g/mol. The summed E-state index contributed by atoms with van der Waals surface area (Å²) in [6, 6.07) is 12.9. The molecule has 4 aliphatic rings. The molecule has 5 amide bonds. The van der Waals surface area contributed by atoms with Crippen LogP contribution in [0, 0.1) is 11.8 Å². The molecule has 4 N–H and O–H groups in total. The zero-order valence-corrected chi connectivity index (χ0v) is 34.6. The van der Waals surface area contributed by atoms with Crippen molar-refractivity contribution in [3.63, 3.8) is 0 Å². The van der Waals surface area contributed by atoms with Crippen LogP contribution in [0.25, 0.3) is 22.2 Å². The summed E-state index contributed by atoms with van der Waals surface area (Å²) in [5.74, 6) is -1.63. The zero-order chi connectivity index (χ0) is 41.6. The Morgan fingerprint density at radius 1 is 1.10 bits per heavy atom. The lowest BCUT2D eigenvalue weighted by atomic mass is 9.95. The van der Waals surface area contributed by atoms with Crippen molar-refractivity contribution in [3.05, 3.63) is 66.7 Å². The smallest absolute Gasteiger partial charge is 0.315 e. The van der Waals surface area contributed by atoms with E-state index in [-0.39, 0.29) is 25.3 Å². The number of hydrogen-bond donors (Lipinski definition) is 4. The normalized spacial score (nSPS) is 26.1. The van der Waals surface area contributed by atoms with Gasteiger partial charge >= 0.3 is 6.03 Å². The van der Waals surface area contributed by atoms with E-state index in [1.54, 1.807) is 7.11 Å². The van der Waals surface area contributed by atoms with Gasteiger partial charge in [-0.05, 0) is 69.9 Å². The Hall–Kier alpha value is -5.18. The van der Waals surface area contributed by atoms with Crippen LogP contribution in [0.15, 0.2) is 61.2 Å². The number of aryl methyl sites for hydroxylation is 1. The van der Waals surface area contributed by atoms with Crippen LogP contribution in [0.2, 0.25) is 0 Å². The summed E-state index contributed by atoms with van der Waals surface area (Å²) >= 11 is 0. The predicted octanol–water partition coefficient (Wildman–Crippen LogP) is 4.76. The molecule has 3 fully saturated rings. The molecule has 5 atom stereocenters. The number of benzene rings is 2. The largest absolute Gasteiger partial charge is 0.496 e. The predicted molar refractivity (Wildman–Crippen MR) is 219 cm³/mol. The van der Waals surface area contributed by atoms with Gasteiger partial charge in [-0.1, -0.05) is 56.7 Å². The second kappa shape index (κ2) is 15.9. The molecule has 1 saturated heterocycles. The summed E-state index contributed by atoms with van der Waals surface area (Å²) in [5.41, 5.74) is 0.999. The molecule has 0 spiro atoms. The Bertz CT molecular complexity index is 2230. The summed E-state index contributed by atoms with van der Waals surface area (Å²) in [4.78, 5) is 62.7. The van der Waals surface area contributed by atoms with Gasteiger partial charge in [0.1, 0.15) is 35.2 Å². The Balaban J connectivity index is 1.28. The molecule has 3 aromatic rings. The third kappa shape index (κ3) is 8.50. The van der Waals surface area contributed by atoms with Gasteiger partial charge in [-0.15, -0.1) is 6.58 Å². The fourth-order valence-electron chi connectivity index (χ4n) is 8.20. The number of fused-ring (bicyclic) bond motifs is 3. The highest BCUT2D eigenvalue weighted by atomic mass is 32.2. The number of ether oxygens (including phenoxy) is 2. The molecule has 0 radical (unpaired) electrons. The minimum Gasteiger partial charge on any atom is -0.496 e. The highest BCUT2D eigenvalue weighted by Gasteiger charge is 2.62. The van der Waals surface area contributed by atoms with Crippen molar-refractivity contribution in [3.8, 4) is 22.8 Å². The van der Waals surface area contributed by atoms with Gasteiger partial charge in [0, 0.05) is 41.0 Å². The standard InChI is InChI=1S/C43H54N6O8S/c1-7-28-23-43(28,40(52)48-58(54,55)30-16-17-30)46-38(50)34-20-29-24-49(34)39(51)37(25(2)3)45-41(53)47-42(4,5)18-12-11-15-27-19-31-33(22-35(27)56-6)44-32(21-36(31)57-29)26-13-9-8-10-14-26/h7-10,13-14,19,21-22,25,28-30,34,37H,1,11-12,15-18,20,23-24H2,2-6H3,(H,46,50)(H,48,52)(H2,45,47,53)/t28-,29+,34-,37-,43+/m0/s1. The van der Waals surface area contributed by atoms with Crippen molar-refractivity contribution in [1.82, 2.24) is 30.6 Å². The number of carbonyl (C=O) groups is 4. The summed E-state index contributed by atoms with van der Waals surface area (Å²) in [6.07, 6.45) is 4.94. The van der Waals surface area contributed by atoms with Gasteiger partial charge in [-0.25, -0.2) is 18.2 Å². The molecule has 4 bridgehead atoms. The first-order valence-corrected chi connectivity index (χ1v) is 21.7. The number of sulfonamides is 1. The highest BCUT2D eigenvalue weighted by Crippen LogP contribution is 2.46. The number of rotatable bonds is 9. The molecular formula is C43H54N6O8S. The van der Waals surface area contributed by atoms with E-state index in [2.05, 4.69) is 27.3 Å². The van der Waals surface area contributed by atoms with Crippen molar-refractivity contribution in [1.29, 1.82) is 0 Å². The summed E-state index contributed by atoms with van der Waals surface area (Å²) in [6.45, 7) is 11.3. The molecule has 2 saturated carbocycles. The second-order valence-corrected chi connectivity index (χ2v) is 19.1. The Labute approximate surface area is 339 Å². The van der Waals surface area contributed by atoms with Crippen LogP contribution in [-0.2, 0) is 30.8 Å². The third-order valence-electron chi connectivity index (χ3n) is 11.8. The lowest BCUT2D eigenvalue weighted by Crippen LogP contribution is -2.60. The number of urea groups is 1.